The molecule has 1 atom stereocenters. The molecule has 0 heterocycles. The number of carbonyl (C=O) groups is 1. The van der Waals surface area contributed by atoms with Crippen LogP contribution in [0.3, 0.4) is 0 Å². The quantitative estimate of drug-likeness (QED) is 0.620. The lowest BCUT2D eigenvalue weighted by Crippen LogP contribution is -2.24. The van der Waals surface area contributed by atoms with Crippen LogP contribution in [-0.2, 0) is 16.0 Å². The molecule has 0 radical (unpaired) electrons. The number of rotatable bonds is 5. The summed E-state index contributed by atoms with van der Waals surface area (Å²) in [6.45, 7) is 3.64. The molecule has 0 fully saturated rings. The Morgan fingerprint density at radius 3 is 2.67 bits per heavy atom. The lowest BCUT2D eigenvalue weighted by Gasteiger charge is -2.29. The van der Waals surface area contributed by atoms with E-state index in [1.807, 2.05) is 30.3 Å². The molecular weight excluding hydrogens is 264 g/mol. The Morgan fingerprint density at radius 2 is 1.95 bits per heavy atom. The molecule has 2 aromatic rings. The van der Waals surface area contributed by atoms with Crippen molar-refractivity contribution in [1.29, 1.82) is 0 Å². The van der Waals surface area contributed by atoms with Gasteiger partial charge in [0.05, 0.1) is 6.10 Å². The van der Waals surface area contributed by atoms with Gasteiger partial charge in [-0.25, -0.2) is 4.79 Å². The molecule has 106 valence electrons. The number of esters is 1. The van der Waals surface area contributed by atoms with E-state index in [4.69, 9.17) is 9.47 Å². The van der Waals surface area contributed by atoms with E-state index in [1.54, 1.807) is 18.2 Å². The monoisotopic (exact) mass is 280 g/mol. The van der Waals surface area contributed by atoms with Crippen molar-refractivity contribution in [1.82, 2.24) is 0 Å². The third kappa shape index (κ3) is 3.03. The maximum absolute atomic E-state index is 11.8. The average Bonchev–Trinajstić information content (AvgIpc) is 2.49. The molecule has 1 unspecified atom stereocenters. The zero-order valence-corrected chi connectivity index (χ0v) is 11.6. The molecule has 0 saturated carbocycles. The predicted molar refractivity (Wildman–Crippen MR) is 81.0 cm³/mol. The van der Waals surface area contributed by atoms with Gasteiger partial charge in [-0.2, -0.15) is 0 Å². The highest BCUT2D eigenvalue weighted by Gasteiger charge is 2.26. The summed E-state index contributed by atoms with van der Waals surface area (Å²) in [4.78, 5) is 11.8. The Morgan fingerprint density at radius 1 is 1.19 bits per heavy atom. The smallest absolute Gasteiger partial charge is 0.337 e. The molecule has 1 aliphatic rings. The van der Waals surface area contributed by atoms with Gasteiger partial charge in [-0.3, -0.25) is 0 Å². The molecule has 3 heteroatoms. The van der Waals surface area contributed by atoms with Crippen molar-refractivity contribution in [2.24, 2.45) is 0 Å². The van der Waals surface area contributed by atoms with Crippen molar-refractivity contribution in [3.8, 4) is 5.75 Å². The Balaban J connectivity index is 1.50. The third-order valence-electron chi connectivity index (χ3n) is 3.56. The minimum atomic E-state index is -0.384. The fraction of sp³-hybridized carbons (Fsp3) is 0.167. The van der Waals surface area contributed by atoms with Crippen molar-refractivity contribution < 1.29 is 14.3 Å². The molecule has 0 spiro atoms. The minimum Gasteiger partial charge on any atom is -0.425 e. The second-order valence-corrected chi connectivity index (χ2v) is 4.95. The largest absolute Gasteiger partial charge is 0.425 e. The van der Waals surface area contributed by atoms with Crippen LogP contribution in [0.1, 0.15) is 22.8 Å². The van der Waals surface area contributed by atoms with Crippen molar-refractivity contribution in [2.45, 2.75) is 12.5 Å². The number of ether oxygens (including phenoxy) is 2. The Kier molecular flexibility index (Phi) is 3.84. The van der Waals surface area contributed by atoms with Gasteiger partial charge in [0.25, 0.3) is 0 Å². The van der Waals surface area contributed by atoms with Crippen LogP contribution in [0.15, 0.2) is 55.1 Å². The van der Waals surface area contributed by atoms with Crippen LogP contribution < -0.4 is 4.74 Å². The lowest BCUT2D eigenvalue weighted by molar-refractivity contribution is -0.142. The second-order valence-electron chi connectivity index (χ2n) is 4.95. The van der Waals surface area contributed by atoms with Gasteiger partial charge in [-0.1, -0.05) is 49.1 Å². The average molecular weight is 280 g/mol. The van der Waals surface area contributed by atoms with Crippen LogP contribution in [0.4, 0.5) is 0 Å². The van der Waals surface area contributed by atoms with Crippen molar-refractivity contribution in [3.05, 3.63) is 71.8 Å². The van der Waals surface area contributed by atoms with Crippen molar-refractivity contribution in [2.75, 3.05) is 6.61 Å². The highest BCUT2D eigenvalue weighted by molar-refractivity contribution is 5.73. The Labute approximate surface area is 123 Å². The van der Waals surface area contributed by atoms with Gasteiger partial charge in [0.15, 0.2) is 0 Å². The summed E-state index contributed by atoms with van der Waals surface area (Å²) in [5.74, 6) is 0.133. The maximum Gasteiger partial charge on any atom is 0.337 e. The molecule has 3 nitrogen and oxygen atoms in total. The van der Waals surface area contributed by atoms with Crippen LogP contribution in [0, 0.1) is 0 Å². The predicted octanol–water partition coefficient (Wildman–Crippen LogP) is 3.55. The summed E-state index contributed by atoms with van der Waals surface area (Å²) in [7, 11) is 0. The van der Waals surface area contributed by atoms with Gasteiger partial charge in [0, 0.05) is 6.42 Å². The third-order valence-corrected chi connectivity index (χ3v) is 3.56. The summed E-state index contributed by atoms with van der Waals surface area (Å²) < 4.78 is 10.8. The van der Waals surface area contributed by atoms with Gasteiger partial charge < -0.3 is 9.47 Å². The first kappa shape index (κ1) is 13.6. The van der Waals surface area contributed by atoms with Crippen LogP contribution in [0.5, 0.6) is 5.75 Å². The molecule has 1 aliphatic carbocycles. The van der Waals surface area contributed by atoms with E-state index in [2.05, 4.69) is 12.6 Å². The zero-order valence-electron chi connectivity index (χ0n) is 11.6. The summed E-state index contributed by atoms with van der Waals surface area (Å²) in [5, 5.41) is 0. The molecule has 0 bridgehead atoms. The summed E-state index contributed by atoms with van der Waals surface area (Å²) in [6.07, 6.45) is 2.61. The van der Waals surface area contributed by atoms with Crippen LogP contribution in [-0.4, -0.2) is 12.6 Å². The molecule has 0 aromatic heterocycles. The Hall–Kier alpha value is -2.39. The molecule has 0 amide bonds. The van der Waals surface area contributed by atoms with E-state index in [1.165, 1.54) is 11.1 Å². The van der Waals surface area contributed by atoms with E-state index in [9.17, 15) is 4.79 Å². The minimum absolute atomic E-state index is 0.0110. The number of carbonyl (C=O) groups excluding carboxylic acids is 1. The van der Waals surface area contributed by atoms with Crippen molar-refractivity contribution in [3.63, 3.8) is 0 Å². The number of benzene rings is 2. The van der Waals surface area contributed by atoms with E-state index in [-0.39, 0.29) is 18.7 Å². The number of hydrogen-bond acceptors (Lipinski definition) is 3. The van der Waals surface area contributed by atoms with E-state index in [0.717, 1.165) is 12.0 Å². The molecule has 21 heavy (non-hydrogen) atoms. The topological polar surface area (TPSA) is 35.5 Å². The SMILES string of the molecule is C=Cc1ccc(OC(=O)COC2Cc3ccccc32)cc1. The van der Waals surface area contributed by atoms with E-state index in [0.29, 0.717) is 5.75 Å². The van der Waals surface area contributed by atoms with Gasteiger partial charge in [-0.05, 0) is 28.8 Å². The van der Waals surface area contributed by atoms with Crippen LogP contribution >= 0.6 is 0 Å². The highest BCUT2D eigenvalue weighted by Crippen LogP contribution is 2.35. The highest BCUT2D eigenvalue weighted by atomic mass is 16.6. The van der Waals surface area contributed by atoms with E-state index >= 15 is 0 Å². The zero-order chi connectivity index (χ0) is 14.7. The molecule has 0 saturated heterocycles. The second kappa shape index (κ2) is 5.94. The first-order chi connectivity index (χ1) is 10.3. The fourth-order valence-electron chi connectivity index (χ4n) is 2.36. The van der Waals surface area contributed by atoms with Crippen LogP contribution in [0.2, 0.25) is 0 Å². The maximum atomic E-state index is 11.8. The molecule has 2 aromatic carbocycles. The molecule has 3 rings (SSSR count). The van der Waals surface area contributed by atoms with Gasteiger partial charge in [0.1, 0.15) is 12.4 Å². The Bertz CT molecular complexity index is 658. The van der Waals surface area contributed by atoms with Gasteiger partial charge in [0.2, 0.25) is 0 Å². The molecular formula is C18H16O3. The van der Waals surface area contributed by atoms with Gasteiger partial charge >= 0.3 is 5.97 Å². The normalized spacial score (nSPS) is 15.7. The molecule has 0 N–H and O–H groups in total. The standard InChI is InChI=1S/C18H16O3/c1-2-13-7-9-15(10-8-13)21-18(19)12-20-17-11-14-5-3-4-6-16(14)17/h2-10,17H,1,11-12H2. The fourth-order valence-corrected chi connectivity index (χ4v) is 2.36. The lowest BCUT2D eigenvalue weighted by atomic mass is 9.85. The molecule has 0 aliphatic heterocycles. The summed E-state index contributed by atoms with van der Waals surface area (Å²) in [6, 6.07) is 15.3. The van der Waals surface area contributed by atoms with Crippen molar-refractivity contribution >= 4 is 12.0 Å². The van der Waals surface area contributed by atoms with E-state index < -0.39 is 0 Å². The van der Waals surface area contributed by atoms with Gasteiger partial charge in [-0.15, -0.1) is 0 Å². The first-order valence-electron chi connectivity index (χ1n) is 6.89. The first-order valence-corrected chi connectivity index (χ1v) is 6.89. The number of fused-ring (bicyclic) bond motifs is 1. The summed E-state index contributed by atoms with van der Waals surface area (Å²) >= 11 is 0. The number of hydrogen-bond donors (Lipinski definition) is 0. The summed E-state index contributed by atoms with van der Waals surface area (Å²) in [5.41, 5.74) is 3.44. The van der Waals surface area contributed by atoms with Crippen LogP contribution in [0.25, 0.3) is 6.08 Å².